The van der Waals surface area contributed by atoms with Crippen molar-refractivity contribution in [1.82, 2.24) is 14.4 Å². The van der Waals surface area contributed by atoms with Gasteiger partial charge in [-0.2, -0.15) is 0 Å². The number of hydrogen-bond donors (Lipinski definition) is 0. The van der Waals surface area contributed by atoms with Crippen molar-refractivity contribution in [3.05, 3.63) is 33.7 Å². The number of hydrogen-bond acceptors (Lipinski definition) is 3. The first-order valence-electron chi connectivity index (χ1n) is 8.76. The van der Waals surface area contributed by atoms with E-state index in [4.69, 9.17) is 0 Å². The maximum absolute atomic E-state index is 13.0. The minimum absolute atomic E-state index is 0.0870. The summed E-state index contributed by atoms with van der Waals surface area (Å²) in [6, 6.07) is 4.27. The Morgan fingerprint density at radius 3 is 2.61 bits per heavy atom. The van der Waals surface area contributed by atoms with Gasteiger partial charge >= 0.3 is 0 Å². The number of aryl methyl sites for hydroxylation is 1. The molecule has 0 bridgehead atoms. The highest BCUT2D eigenvalue weighted by Gasteiger charge is 2.39. The monoisotopic (exact) mass is 317 g/mol. The van der Waals surface area contributed by atoms with Crippen LogP contribution in [0.2, 0.25) is 0 Å². The fraction of sp³-hybridized carbons (Fsp3) is 0.667. The molecule has 2 atom stereocenters. The highest BCUT2D eigenvalue weighted by molar-refractivity contribution is 5.94. The van der Waals surface area contributed by atoms with Crippen molar-refractivity contribution in [1.29, 1.82) is 0 Å². The maximum Gasteiger partial charge on any atom is 0.263 e. The number of nitrogens with zero attached hydrogens (tertiary/aromatic N) is 3. The molecule has 0 aromatic carbocycles. The van der Waals surface area contributed by atoms with Crippen LogP contribution < -0.4 is 5.56 Å². The lowest BCUT2D eigenvalue weighted by Gasteiger charge is -2.34. The summed E-state index contributed by atoms with van der Waals surface area (Å²) in [7, 11) is 1.73. The van der Waals surface area contributed by atoms with Crippen LogP contribution in [0.5, 0.6) is 0 Å². The van der Waals surface area contributed by atoms with Gasteiger partial charge in [0.1, 0.15) is 5.56 Å². The van der Waals surface area contributed by atoms with Crippen molar-refractivity contribution in [3.8, 4) is 0 Å². The third kappa shape index (κ3) is 2.82. The fourth-order valence-corrected chi connectivity index (χ4v) is 4.17. The predicted octanol–water partition coefficient (Wildman–Crippen LogP) is 1.78. The molecular formula is C18H27N3O2. The lowest BCUT2D eigenvalue weighted by molar-refractivity contribution is 0.0647. The molecule has 0 aliphatic carbocycles. The van der Waals surface area contributed by atoms with Gasteiger partial charge in [-0.3, -0.25) is 14.5 Å². The molecule has 5 heteroatoms. The van der Waals surface area contributed by atoms with Crippen LogP contribution in [-0.2, 0) is 7.05 Å². The van der Waals surface area contributed by atoms with Crippen molar-refractivity contribution in [2.24, 2.45) is 7.05 Å². The Hall–Kier alpha value is -1.62. The average Bonchev–Trinajstić information content (AvgIpc) is 3.19. The third-order valence-electron chi connectivity index (χ3n) is 5.61. The molecule has 0 N–H and O–H groups in total. The Bertz CT molecular complexity index is 652. The normalized spacial score (nSPS) is 25.3. The topological polar surface area (TPSA) is 45.5 Å². The molecule has 0 radical (unpaired) electrons. The van der Waals surface area contributed by atoms with Crippen molar-refractivity contribution in [3.63, 3.8) is 0 Å². The molecule has 0 saturated carbocycles. The standard InChI is InChI=1S/C18H27N3O2/c1-4-20-11-5-7-15(20)16-8-6-12-21(16)18(23)14-10-9-13(2)19(3)17(14)22/h9-10,15-16H,4-8,11-12H2,1-3H3/t15-,16+/m0/s1. The molecule has 3 heterocycles. The lowest BCUT2D eigenvalue weighted by atomic mass is 10.0. The number of amides is 1. The number of carbonyl (C=O) groups is 1. The van der Waals surface area contributed by atoms with Crippen molar-refractivity contribution in [2.45, 2.75) is 51.6 Å². The fourth-order valence-electron chi connectivity index (χ4n) is 4.17. The van der Waals surface area contributed by atoms with Gasteiger partial charge in [-0.05, 0) is 57.8 Å². The first-order chi connectivity index (χ1) is 11.0. The van der Waals surface area contributed by atoms with Crippen LogP contribution in [0.25, 0.3) is 0 Å². The number of likely N-dealkylation sites (tertiary alicyclic amines) is 2. The predicted molar refractivity (Wildman–Crippen MR) is 90.7 cm³/mol. The van der Waals surface area contributed by atoms with Gasteiger partial charge in [0.25, 0.3) is 11.5 Å². The molecule has 3 rings (SSSR count). The van der Waals surface area contributed by atoms with Crippen LogP contribution in [0.15, 0.2) is 16.9 Å². The van der Waals surface area contributed by atoms with E-state index in [0.717, 1.165) is 44.6 Å². The second-order valence-electron chi connectivity index (χ2n) is 6.80. The first-order valence-corrected chi connectivity index (χ1v) is 8.76. The van der Waals surface area contributed by atoms with Crippen molar-refractivity contribution >= 4 is 5.91 Å². The van der Waals surface area contributed by atoms with Gasteiger partial charge in [0.15, 0.2) is 0 Å². The van der Waals surface area contributed by atoms with Gasteiger partial charge in [-0.1, -0.05) is 6.92 Å². The third-order valence-corrected chi connectivity index (χ3v) is 5.61. The molecule has 126 valence electrons. The highest BCUT2D eigenvalue weighted by atomic mass is 16.2. The van der Waals surface area contributed by atoms with Gasteiger partial charge < -0.3 is 9.47 Å². The summed E-state index contributed by atoms with van der Waals surface area (Å²) in [5, 5.41) is 0. The van der Waals surface area contributed by atoms with E-state index in [1.807, 2.05) is 17.9 Å². The van der Waals surface area contributed by atoms with E-state index in [2.05, 4.69) is 11.8 Å². The van der Waals surface area contributed by atoms with Crippen molar-refractivity contribution < 1.29 is 4.79 Å². The smallest absolute Gasteiger partial charge is 0.263 e. The Kier molecular flexibility index (Phi) is 4.57. The molecule has 0 spiro atoms. The van der Waals surface area contributed by atoms with E-state index in [1.165, 1.54) is 6.42 Å². The minimum Gasteiger partial charge on any atom is -0.334 e. The molecule has 5 nitrogen and oxygen atoms in total. The molecule has 2 saturated heterocycles. The van der Waals surface area contributed by atoms with Gasteiger partial charge in [-0.15, -0.1) is 0 Å². The maximum atomic E-state index is 13.0. The molecule has 0 unspecified atom stereocenters. The molecule has 23 heavy (non-hydrogen) atoms. The molecular weight excluding hydrogens is 290 g/mol. The number of likely N-dealkylation sites (N-methyl/N-ethyl adjacent to an activating group) is 1. The van der Waals surface area contributed by atoms with Gasteiger partial charge in [0.2, 0.25) is 0 Å². The summed E-state index contributed by atoms with van der Waals surface area (Å²) in [5.74, 6) is -0.0870. The van der Waals surface area contributed by atoms with Crippen LogP contribution in [0.4, 0.5) is 0 Å². The molecule has 1 aromatic heterocycles. The summed E-state index contributed by atoms with van der Waals surface area (Å²) < 4.78 is 1.56. The van der Waals surface area contributed by atoms with Crippen LogP contribution in [-0.4, -0.2) is 52.0 Å². The molecule has 2 fully saturated rings. The zero-order chi connectivity index (χ0) is 16.6. The number of carbonyl (C=O) groups excluding carboxylic acids is 1. The summed E-state index contributed by atoms with van der Waals surface area (Å²) in [4.78, 5) is 29.9. The Balaban J connectivity index is 1.87. The minimum atomic E-state index is -0.181. The lowest BCUT2D eigenvalue weighted by Crippen LogP contribution is -2.49. The number of pyridine rings is 1. The summed E-state index contributed by atoms with van der Waals surface area (Å²) in [6.07, 6.45) is 4.47. The quantitative estimate of drug-likeness (QED) is 0.854. The Morgan fingerprint density at radius 2 is 1.87 bits per heavy atom. The molecule has 2 aliphatic rings. The summed E-state index contributed by atoms with van der Waals surface area (Å²) >= 11 is 0. The van der Waals surface area contributed by atoms with Crippen LogP contribution in [0.1, 0.15) is 48.7 Å². The zero-order valence-corrected chi connectivity index (χ0v) is 14.4. The van der Waals surface area contributed by atoms with E-state index in [9.17, 15) is 9.59 Å². The largest absolute Gasteiger partial charge is 0.334 e. The van der Waals surface area contributed by atoms with Crippen molar-refractivity contribution in [2.75, 3.05) is 19.6 Å². The van der Waals surface area contributed by atoms with E-state index < -0.39 is 0 Å². The first kappa shape index (κ1) is 16.2. The van der Waals surface area contributed by atoms with E-state index in [1.54, 1.807) is 17.7 Å². The molecule has 1 aromatic rings. The van der Waals surface area contributed by atoms with Gasteiger partial charge in [-0.25, -0.2) is 0 Å². The SMILES string of the molecule is CCN1CCC[C@H]1[C@H]1CCCN1C(=O)c1ccc(C)n(C)c1=O. The second-order valence-corrected chi connectivity index (χ2v) is 6.80. The number of aromatic nitrogens is 1. The summed E-state index contributed by atoms with van der Waals surface area (Å²) in [6.45, 7) is 7.01. The molecule has 1 amide bonds. The summed E-state index contributed by atoms with van der Waals surface area (Å²) in [5.41, 5.74) is 1.00. The van der Waals surface area contributed by atoms with E-state index in [0.29, 0.717) is 11.6 Å². The van der Waals surface area contributed by atoms with Crippen LogP contribution in [0, 0.1) is 6.92 Å². The second kappa shape index (κ2) is 6.48. The van der Waals surface area contributed by atoms with Crippen LogP contribution >= 0.6 is 0 Å². The Labute approximate surface area is 137 Å². The Morgan fingerprint density at radius 1 is 1.17 bits per heavy atom. The van der Waals surface area contributed by atoms with Crippen LogP contribution in [0.3, 0.4) is 0 Å². The number of rotatable bonds is 3. The molecule has 2 aliphatic heterocycles. The van der Waals surface area contributed by atoms with E-state index >= 15 is 0 Å². The van der Waals surface area contributed by atoms with Gasteiger partial charge in [0.05, 0.1) is 0 Å². The highest BCUT2D eigenvalue weighted by Crippen LogP contribution is 2.30. The van der Waals surface area contributed by atoms with E-state index in [-0.39, 0.29) is 17.5 Å². The van der Waals surface area contributed by atoms with Gasteiger partial charge in [0, 0.05) is 31.4 Å². The average molecular weight is 317 g/mol. The zero-order valence-electron chi connectivity index (χ0n) is 14.4.